The van der Waals surface area contributed by atoms with Crippen LogP contribution in [-0.4, -0.2) is 48.2 Å². The Bertz CT molecular complexity index is 339. The zero-order valence-corrected chi connectivity index (χ0v) is 10.4. The van der Waals surface area contributed by atoms with E-state index in [9.17, 15) is 0 Å². The average Bonchev–Trinajstić information content (AvgIpc) is 2.40. The average molecular weight is 236 g/mol. The molecule has 0 spiro atoms. The molecule has 1 aromatic rings. The van der Waals surface area contributed by atoms with Crippen molar-refractivity contribution >= 4 is 5.82 Å². The van der Waals surface area contributed by atoms with Gasteiger partial charge in [-0.2, -0.15) is 4.98 Å². The molecule has 1 N–H and O–H groups in total. The van der Waals surface area contributed by atoms with E-state index in [1.54, 1.807) is 12.4 Å². The number of nitrogens with zero attached hydrogens (tertiary/aromatic N) is 3. The lowest BCUT2D eigenvalue weighted by atomic mass is 10.1. The monoisotopic (exact) mass is 236 g/mol. The lowest BCUT2D eigenvalue weighted by molar-refractivity contribution is 0.180. The van der Waals surface area contributed by atoms with Crippen LogP contribution >= 0.6 is 0 Å². The molecule has 1 aliphatic rings. The zero-order chi connectivity index (χ0) is 11.9. The Morgan fingerprint density at radius 2 is 2.12 bits per heavy atom. The Kier molecular flexibility index (Phi) is 4.55. The molecule has 94 valence electrons. The van der Waals surface area contributed by atoms with Gasteiger partial charge in [0.15, 0.2) is 0 Å². The molecule has 2 heterocycles. The first-order chi connectivity index (χ1) is 8.38. The second kappa shape index (κ2) is 6.39. The molecule has 0 aliphatic carbocycles. The highest BCUT2D eigenvalue weighted by Crippen LogP contribution is 2.10. The molecule has 0 aromatic carbocycles. The van der Waals surface area contributed by atoms with Gasteiger partial charge in [-0.25, -0.2) is 0 Å². The number of hydrogen-bond acceptors (Lipinski definition) is 5. The molecule has 0 amide bonds. The van der Waals surface area contributed by atoms with Crippen molar-refractivity contribution in [1.29, 1.82) is 0 Å². The number of ether oxygens (including phenoxy) is 1. The summed E-state index contributed by atoms with van der Waals surface area (Å²) in [5.41, 5.74) is 0. The Morgan fingerprint density at radius 3 is 2.88 bits per heavy atom. The number of likely N-dealkylation sites (tertiary alicyclic amines) is 1. The predicted molar refractivity (Wildman–Crippen MR) is 67.4 cm³/mol. The van der Waals surface area contributed by atoms with Crippen molar-refractivity contribution in [2.24, 2.45) is 0 Å². The van der Waals surface area contributed by atoms with Crippen LogP contribution in [0.5, 0.6) is 5.88 Å². The smallest absolute Gasteiger partial charge is 0.234 e. The molecule has 17 heavy (non-hydrogen) atoms. The van der Waals surface area contributed by atoms with Crippen molar-refractivity contribution in [3.05, 3.63) is 12.4 Å². The van der Waals surface area contributed by atoms with Crippen molar-refractivity contribution in [3.8, 4) is 5.88 Å². The molecule has 2 rings (SSSR count). The largest absolute Gasteiger partial charge is 0.475 e. The Labute approximate surface area is 102 Å². The first-order valence-electron chi connectivity index (χ1n) is 6.23. The Hall–Kier alpha value is -1.36. The molecule has 0 unspecified atom stereocenters. The van der Waals surface area contributed by atoms with Crippen LogP contribution in [0.1, 0.15) is 19.3 Å². The molecule has 5 nitrogen and oxygen atoms in total. The minimum atomic E-state index is 0.592. The number of anilines is 1. The van der Waals surface area contributed by atoms with E-state index in [1.807, 2.05) is 7.05 Å². The van der Waals surface area contributed by atoms with E-state index in [2.05, 4.69) is 20.2 Å². The fraction of sp³-hybridized carbons (Fsp3) is 0.667. The van der Waals surface area contributed by atoms with Gasteiger partial charge >= 0.3 is 0 Å². The first kappa shape index (κ1) is 12.1. The molecule has 1 aromatic heterocycles. The molecular formula is C12H20N4O. The molecule has 0 radical (unpaired) electrons. The molecule has 0 atom stereocenters. The highest BCUT2D eigenvalue weighted by atomic mass is 16.5. The lowest BCUT2D eigenvalue weighted by Gasteiger charge is -2.25. The van der Waals surface area contributed by atoms with E-state index in [1.165, 1.54) is 32.4 Å². The van der Waals surface area contributed by atoms with E-state index < -0.39 is 0 Å². The van der Waals surface area contributed by atoms with E-state index in [4.69, 9.17) is 4.74 Å². The normalized spacial score (nSPS) is 16.8. The third-order valence-corrected chi connectivity index (χ3v) is 2.97. The maximum absolute atomic E-state index is 5.60. The van der Waals surface area contributed by atoms with Crippen molar-refractivity contribution in [1.82, 2.24) is 14.9 Å². The van der Waals surface area contributed by atoms with Gasteiger partial charge in [0, 0.05) is 13.6 Å². The topological polar surface area (TPSA) is 50.3 Å². The van der Waals surface area contributed by atoms with Crippen LogP contribution in [0, 0.1) is 0 Å². The summed E-state index contributed by atoms with van der Waals surface area (Å²) in [6.45, 7) is 4.06. The molecule has 1 fully saturated rings. The molecule has 1 aliphatic heterocycles. The summed E-state index contributed by atoms with van der Waals surface area (Å²) in [6.07, 6.45) is 7.33. The van der Waals surface area contributed by atoms with Gasteiger partial charge in [0.1, 0.15) is 12.4 Å². The van der Waals surface area contributed by atoms with Crippen molar-refractivity contribution in [2.75, 3.05) is 38.6 Å². The van der Waals surface area contributed by atoms with Gasteiger partial charge < -0.3 is 10.1 Å². The fourth-order valence-corrected chi connectivity index (χ4v) is 2.00. The van der Waals surface area contributed by atoms with Crippen LogP contribution in [0.3, 0.4) is 0 Å². The summed E-state index contributed by atoms with van der Waals surface area (Å²) in [5, 5.41) is 2.94. The van der Waals surface area contributed by atoms with Crippen molar-refractivity contribution in [2.45, 2.75) is 19.3 Å². The van der Waals surface area contributed by atoms with Crippen LogP contribution in [-0.2, 0) is 0 Å². The predicted octanol–water partition coefficient (Wildman–Crippen LogP) is 1.38. The number of hydrogen-bond donors (Lipinski definition) is 1. The van der Waals surface area contributed by atoms with Gasteiger partial charge in [0.2, 0.25) is 5.88 Å². The Morgan fingerprint density at radius 1 is 1.29 bits per heavy atom. The molecule has 5 heteroatoms. The summed E-state index contributed by atoms with van der Waals surface area (Å²) in [6, 6.07) is 0. The number of piperidine rings is 1. The quantitative estimate of drug-likeness (QED) is 0.837. The fourth-order valence-electron chi connectivity index (χ4n) is 2.00. The number of rotatable bonds is 5. The van der Waals surface area contributed by atoms with Crippen LogP contribution in [0.4, 0.5) is 5.82 Å². The van der Waals surface area contributed by atoms with E-state index >= 15 is 0 Å². The third kappa shape index (κ3) is 3.85. The van der Waals surface area contributed by atoms with E-state index in [0.717, 1.165) is 12.4 Å². The number of aromatic nitrogens is 2. The highest BCUT2D eigenvalue weighted by Gasteiger charge is 2.09. The standard InChI is InChI=1S/C12H20N4O/c1-13-11-9-14-10-12(15-11)17-8-7-16-5-3-2-4-6-16/h9-10H,2-8H2,1H3,(H,13,15). The van der Waals surface area contributed by atoms with Crippen LogP contribution < -0.4 is 10.1 Å². The van der Waals surface area contributed by atoms with Gasteiger partial charge in [-0.1, -0.05) is 6.42 Å². The number of nitrogens with one attached hydrogen (secondary N) is 1. The summed E-state index contributed by atoms with van der Waals surface area (Å²) in [5.74, 6) is 1.33. The first-order valence-corrected chi connectivity index (χ1v) is 6.23. The minimum Gasteiger partial charge on any atom is -0.475 e. The van der Waals surface area contributed by atoms with Crippen molar-refractivity contribution < 1.29 is 4.74 Å². The molecule has 1 saturated heterocycles. The van der Waals surface area contributed by atoms with Gasteiger partial charge in [0.05, 0.1) is 12.4 Å². The molecule has 0 bridgehead atoms. The van der Waals surface area contributed by atoms with E-state index in [-0.39, 0.29) is 0 Å². The SMILES string of the molecule is CNc1cncc(OCCN2CCCCC2)n1. The molecular weight excluding hydrogens is 216 g/mol. The summed E-state index contributed by atoms with van der Waals surface area (Å²) in [4.78, 5) is 10.8. The van der Waals surface area contributed by atoms with Gasteiger partial charge in [-0.05, 0) is 25.9 Å². The highest BCUT2D eigenvalue weighted by molar-refractivity contribution is 5.31. The Balaban J connectivity index is 1.73. The minimum absolute atomic E-state index is 0.592. The zero-order valence-electron chi connectivity index (χ0n) is 10.4. The van der Waals surface area contributed by atoms with Crippen LogP contribution in [0.2, 0.25) is 0 Å². The maximum Gasteiger partial charge on any atom is 0.234 e. The van der Waals surface area contributed by atoms with Crippen LogP contribution in [0.25, 0.3) is 0 Å². The summed E-state index contributed by atoms with van der Waals surface area (Å²) in [7, 11) is 1.82. The van der Waals surface area contributed by atoms with E-state index in [0.29, 0.717) is 12.5 Å². The van der Waals surface area contributed by atoms with Gasteiger partial charge in [0.25, 0.3) is 0 Å². The second-order valence-corrected chi connectivity index (χ2v) is 4.24. The lowest BCUT2D eigenvalue weighted by Crippen LogP contribution is -2.33. The van der Waals surface area contributed by atoms with Gasteiger partial charge in [-0.15, -0.1) is 0 Å². The maximum atomic E-state index is 5.60. The second-order valence-electron chi connectivity index (χ2n) is 4.24. The molecule has 0 saturated carbocycles. The van der Waals surface area contributed by atoms with Crippen molar-refractivity contribution in [3.63, 3.8) is 0 Å². The third-order valence-electron chi connectivity index (χ3n) is 2.97. The summed E-state index contributed by atoms with van der Waals surface area (Å²) < 4.78 is 5.60. The van der Waals surface area contributed by atoms with Crippen LogP contribution in [0.15, 0.2) is 12.4 Å². The van der Waals surface area contributed by atoms with Gasteiger partial charge in [-0.3, -0.25) is 9.88 Å². The summed E-state index contributed by atoms with van der Waals surface area (Å²) >= 11 is 0.